The molecule has 2 atom stereocenters. The fourth-order valence-electron chi connectivity index (χ4n) is 2.52. The lowest BCUT2D eigenvalue weighted by molar-refractivity contribution is 0.180. The summed E-state index contributed by atoms with van der Waals surface area (Å²) in [6.07, 6.45) is 2.73. The average molecular weight is 273 g/mol. The molecule has 18 heavy (non-hydrogen) atoms. The van der Waals surface area contributed by atoms with Crippen LogP contribution >= 0.6 is 0 Å². The average Bonchev–Trinajstić information content (AvgIpc) is 2.91. The van der Waals surface area contributed by atoms with E-state index in [1.807, 2.05) is 6.92 Å². The van der Waals surface area contributed by atoms with Gasteiger partial charge in [-0.25, -0.2) is 13.4 Å². The number of sulfone groups is 1. The molecule has 1 aromatic heterocycles. The first-order valence-corrected chi connectivity index (χ1v) is 8.06. The molecule has 2 rings (SSSR count). The van der Waals surface area contributed by atoms with E-state index in [4.69, 9.17) is 0 Å². The molecular weight excluding hydrogens is 254 g/mol. The quantitative estimate of drug-likeness (QED) is 0.808. The Morgan fingerprint density at radius 2 is 2.39 bits per heavy atom. The zero-order valence-electron chi connectivity index (χ0n) is 10.5. The van der Waals surface area contributed by atoms with E-state index in [0.717, 1.165) is 12.4 Å². The van der Waals surface area contributed by atoms with Crippen molar-refractivity contribution in [3.05, 3.63) is 12.2 Å². The van der Waals surface area contributed by atoms with Crippen molar-refractivity contribution in [3.63, 3.8) is 0 Å². The van der Waals surface area contributed by atoms with Crippen molar-refractivity contribution in [1.29, 1.82) is 0 Å². The fourth-order valence-corrected chi connectivity index (χ4v) is 4.44. The van der Waals surface area contributed by atoms with Gasteiger partial charge in [0.25, 0.3) is 0 Å². The maximum absolute atomic E-state index is 11.5. The molecule has 0 bridgehead atoms. The van der Waals surface area contributed by atoms with Gasteiger partial charge in [0.2, 0.25) is 0 Å². The number of aliphatic hydroxyl groups excluding tert-OH is 1. The second-order valence-corrected chi connectivity index (χ2v) is 7.03. The molecule has 0 aliphatic carbocycles. The third-order valence-corrected chi connectivity index (χ3v) is 5.40. The molecule has 0 radical (unpaired) electrons. The highest BCUT2D eigenvalue weighted by atomic mass is 32.2. The number of aromatic nitrogens is 3. The first-order chi connectivity index (χ1) is 8.55. The van der Waals surface area contributed by atoms with Crippen LogP contribution in [0.4, 0.5) is 0 Å². The van der Waals surface area contributed by atoms with E-state index in [0.29, 0.717) is 12.8 Å². The number of hydrogen-bond acceptors (Lipinski definition) is 5. The highest BCUT2D eigenvalue weighted by molar-refractivity contribution is 7.91. The lowest BCUT2D eigenvalue weighted by Crippen LogP contribution is -2.24. The van der Waals surface area contributed by atoms with E-state index in [2.05, 4.69) is 10.1 Å². The van der Waals surface area contributed by atoms with Crippen LogP contribution < -0.4 is 0 Å². The summed E-state index contributed by atoms with van der Waals surface area (Å²) < 4.78 is 24.7. The van der Waals surface area contributed by atoms with Crippen molar-refractivity contribution >= 4 is 9.84 Å². The molecule has 7 heteroatoms. The monoisotopic (exact) mass is 273 g/mol. The smallest absolute Gasteiger partial charge is 0.150 e. The normalized spacial score (nSPS) is 24.2. The maximum Gasteiger partial charge on any atom is 0.150 e. The summed E-state index contributed by atoms with van der Waals surface area (Å²) >= 11 is 0. The van der Waals surface area contributed by atoms with E-state index in [1.54, 1.807) is 4.68 Å². The standard InChI is InChI=1S/C11H19N3O3S/c1-2-14-11(12-8-13-14)5-10(6-15)9-3-4-18(16,17)7-9/h8-10,15H,2-7H2,1H3. The van der Waals surface area contributed by atoms with Gasteiger partial charge in [0, 0.05) is 19.6 Å². The van der Waals surface area contributed by atoms with Gasteiger partial charge >= 0.3 is 0 Å². The van der Waals surface area contributed by atoms with E-state index in [-0.39, 0.29) is 29.9 Å². The van der Waals surface area contributed by atoms with Crippen molar-refractivity contribution < 1.29 is 13.5 Å². The van der Waals surface area contributed by atoms with E-state index < -0.39 is 9.84 Å². The van der Waals surface area contributed by atoms with Crippen LogP contribution in [0.25, 0.3) is 0 Å². The molecule has 1 fully saturated rings. The third-order valence-electron chi connectivity index (χ3n) is 3.61. The second-order valence-electron chi connectivity index (χ2n) is 4.80. The van der Waals surface area contributed by atoms with E-state index >= 15 is 0 Å². The Morgan fingerprint density at radius 3 is 2.94 bits per heavy atom. The zero-order chi connectivity index (χ0) is 13.2. The van der Waals surface area contributed by atoms with Gasteiger partial charge in [-0.15, -0.1) is 0 Å². The van der Waals surface area contributed by atoms with Crippen molar-refractivity contribution in [1.82, 2.24) is 14.8 Å². The molecule has 102 valence electrons. The van der Waals surface area contributed by atoms with Gasteiger partial charge in [0.15, 0.2) is 9.84 Å². The molecule has 1 aliphatic heterocycles. The molecule has 0 spiro atoms. The van der Waals surface area contributed by atoms with Crippen molar-refractivity contribution in [3.8, 4) is 0 Å². The third kappa shape index (κ3) is 2.89. The minimum Gasteiger partial charge on any atom is -0.396 e. The summed E-state index contributed by atoms with van der Waals surface area (Å²) in [5.41, 5.74) is 0. The van der Waals surface area contributed by atoms with Crippen LogP contribution in [0.5, 0.6) is 0 Å². The Morgan fingerprint density at radius 1 is 1.61 bits per heavy atom. The Balaban J connectivity index is 2.06. The maximum atomic E-state index is 11.5. The van der Waals surface area contributed by atoms with Crippen molar-refractivity contribution in [2.45, 2.75) is 26.3 Å². The Kier molecular flexibility index (Phi) is 4.01. The van der Waals surface area contributed by atoms with Crippen LogP contribution in [0.3, 0.4) is 0 Å². The van der Waals surface area contributed by atoms with Gasteiger partial charge in [-0.3, -0.25) is 4.68 Å². The summed E-state index contributed by atoms with van der Waals surface area (Å²) in [6, 6.07) is 0. The SMILES string of the molecule is CCn1ncnc1CC(CO)C1CCS(=O)(=O)C1. The predicted molar refractivity (Wildman–Crippen MR) is 66.7 cm³/mol. The molecule has 2 unspecified atom stereocenters. The topological polar surface area (TPSA) is 85.1 Å². The van der Waals surface area contributed by atoms with Gasteiger partial charge < -0.3 is 5.11 Å². The summed E-state index contributed by atoms with van der Waals surface area (Å²) in [6.45, 7) is 2.71. The zero-order valence-corrected chi connectivity index (χ0v) is 11.3. The van der Waals surface area contributed by atoms with E-state index in [9.17, 15) is 13.5 Å². The molecule has 0 amide bonds. The number of rotatable bonds is 5. The van der Waals surface area contributed by atoms with Crippen LogP contribution in [-0.4, -0.2) is 46.4 Å². The van der Waals surface area contributed by atoms with Crippen molar-refractivity contribution in [2.75, 3.05) is 18.1 Å². The first kappa shape index (κ1) is 13.5. The first-order valence-electron chi connectivity index (χ1n) is 6.23. The summed E-state index contributed by atoms with van der Waals surface area (Å²) in [5, 5.41) is 13.5. The molecule has 0 saturated carbocycles. The van der Waals surface area contributed by atoms with Crippen LogP contribution in [0, 0.1) is 11.8 Å². The molecular formula is C11H19N3O3S. The van der Waals surface area contributed by atoms with Crippen LogP contribution in [0.15, 0.2) is 6.33 Å². The van der Waals surface area contributed by atoms with Gasteiger partial charge in [-0.1, -0.05) is 0 Å². The number of nitrogens with zero attached hydrogens (tertiary/aromatic N) is 3. The van der Waals surface area contributed by atoms with Crippen LogP contribution in [-0.2, 0) is 22.8 Å². The Labute approximate surface area is 107 Å². The lowest BCUT2D eigenvalue weighted by atomic mass is 9.89. The number of hydrogen-bond donors (Lipinski definition) is 1. The van der Waals surface area contributed by atoms with Gasteiger partial charge in [-0.2, -0.15) is 5.10 Å². The van der Waals surface area contributed by atoms with Crippen LogP contribution in [0.2, 0.25) is 0 Å². The van der Waals surface area contributed by atoms with Gasteiger partial charge in [0.05, 0.1) is 11.5 Å². The highest BCUT2D eigenvalue weighted by Gasteiger charge is 2.34. The minimum absolute atomic E-state index is 0.00321. The molecule has 1 aliphatic rings. The largest absolute Gasteiger partial charge is 0.396 e. The van der Waals surface area contributed by atoms with Gasteiger partial charge in [0.1, 0.15) is 12.2 Å². The molecule has 1 saturated heterocycles. The lowest BCUT2D eigenvalue weighted by Gasteiger charge is -2.19. The molecule has 6 nitrogen and oxygen atoms in total. The Bertz CT molecular complexity index is 497. The highest BCUT2D eigenvalue weighted by Crippen LogP contribution is 2.27. The molecule has 1 aromatic rings. The summed E-state index contributed by atoms with van der Waals surface area (Å²) in [4.78, 5) is 4.17. The Hall–Kier alpha value is -0.950. The van der Waals surface area contributed by atoms with Crippen LogP contribution in [0.1, 0.15) is 19.2 Å². The summed E-state index contributed by atoms with van der Waals surface area (Å²) in [5.74, 6) is 1.26. The molecule has 0 aromatic carbocycles. The number of aliphatic hydroxyl groups is 1. The predicted octanol–water partition coefficient (Wildman–Crippen LogP) is -0.116. The van der Waals surface area contributed by atoms with Gasteiger partial charge in [-0.05, 0) is 25.2 Å². The molecule has 2 heterocycles. The fraction of sp³-hybridized carbons (Fsp3) is 0.818. The van der Waals surface area contributed by atoms with E-state index in [1.165, 1.54) is 6.33 Å². The molecule has 1 N–H and O–H groups in total. The summed E-state index contributed by atoms with van der Waals surface area (Å²) in [7, 11) is -2.90. The number of aryl methyl sites for hydroxylation is 1. The minimum atomic E-state index is -2.90. The second kappa shape index (κ2) is 5.36. The van der Waals surface area contributed by atoms with Crippen molar-refractivity contribution in [2.24, 2.45) is 11.8 Å².